The molecule has 0 amide bonds. The molecule has 1 atom stereocenters. The second-order valence-electron chi connectivity index (χ2n) is 4.23. The number of benzene rings is 2. The summed E-state index contributed by atoms with van der Waals surface area (Å²) in [4.78, 5) is 4.21. The Morgan fingerprint density at radius 2 is 1.84 bits per heavy atom. The van der Waals surface area contributed by atoms with Crippen molar-refractivity contribution >= 4 is 35.5 Å². The van der Waals surface area contributed by atoms with E-state index in [1.54, 1.807) is 24.3 Å². The van der Waals surface area contributed by atoms with Crippen LogP contribution in [0.1, 0.15) is 11.1 Å². The van der Waals surface area contributed by atoms with Crippen molar-refractivity contribution in [3.05, 3.63) is 64.7 Å². The molecule has 5 heteroatoms. The molecule has 3 nitrogen and oxygen atoms in total. The molecule has 3 N–H and O–H groups in total. The quantitative estimate of drug-likeness (QED) is 0.849. The summed E-state index contributed by atoms with van der Waals surface area (Å²) in [6, 6.07) is 14.4. The fraction of sp³-hybridized carbons (Fsp3) is 0.0714. The Balaban J connectivity index is 0.00000133. The number of aliphatic hydroxyl groups is 1. The first kappa shape index (κ1) is 13.9. The normalized spacial score (nSPS) is 20.4. The zero-order chi connectivity index (χ0) is 12.8. The Hall–Kier alpha value is -1.55. The van der Waals surface area contributed by atoms with Crippen molar-refractivity contribution < 1.29 is 5.11 Å². The Bertz CT molecular complexity index is 657. The smallest absolute Gasteiger partial charge is 0.174 e. The molecule has 98 valence electrons. The van der Waals surface area contributed by atoms with E-state index >= 15 is 0 Å². The van der Waals surface area contributed by atoms with Crippen molar-refractivity contribution in [3.63, 3.8) is 0 Å². The van der Waals surface area contributed by atoms with Gasteiger partial charge in [0.05, 0.1) is 5.69 Å². The maximum Gasteiger partial charge on any atom is 0.174 e. The van der Waals surface area contributed by atoms with Crippen LogP contribution in [0.5, 0.6) is 0 Å². The maximum absolute atomic E-state index is 10.9. The first-order valence-corrected chi connectivity index (χ1v) is 5.93. The molecule has 0 fully saturated rings. The molecule has 1 heterocycles. The molecule has 3 rings (SSSR count). The topological polar surface area (TPSA) is 58.6 Å². The van der Waals surface area contributed by atoms with E-state index in [2.05, 4.69) is 4.99 Å². The van der Waals surface area contributed by atoms with Crippen LogP contribution in [-0.2, 0) is 5.60 Å². The van der Waals surface area contributed by atoms with E-state index < -0.39 is 5.60 Å². The molecule has 2 aromatic carbocycles. The number of aliphatic imine (C=N–C) groups is 1. The minimum Gasteiger partial charge on any atom is -0.384 e. The summed E-state index contributed by atoms with van der Waals surface area (Å²) >= 11 is 5.97. The van der Waals surface area contributed by atoms with E-state index in [0.717, 1.165) is 0 Å². The van der Waals surface area contributed by atoms with Crippen LogP contribution in [0.25, 0.3) is 0 Å². The van der Waals surface area contributed by atoms with Gasteiger partial charge in [0.15, 0.2) is 5.60 Å². The zero-order valence-electron chi connectivity index (χ0n) is 9.88. The van der Waals surface area contributed by atoms with Gasteiger partial charge < -0.3 is 10.8 Å². The summed E-state index contributed by atoms with van der Waals surface area (Å²) in [6.45, 7) is 0. The van der Waals surface area contributed by atoms with E-state index in [1.807, 2.05) is 24.3 Å². The second kappa shape index (κ2) is 4.85. The molecule has 1 unspecified atom stereocenters. The Morgan fingerprint density at radius 1 is 1.11 bits per heavy atom. The standard InChI is InChI=1S/C14H11ClN2O.ClH/c15-10-5-3-4-9(8-10)14(18)11-6-1-2-7-12(11)17-13(14)16;/h1-8,18H,(H2,16,17);1H. The lowest BCUT2D eigenvalue weighted by Crippen LogP contribution is -2.39. The van der Waals surface area contributed by atoms with E-state index in [4.69, 9.17) is 17.3 Å². The van der Waals surface area contributed by atoms with Crippen LogP contribution >= 0.6 is 24.0 Å². The summed E-state index contributed by atoms with van der Waals surface area (Å²) in [5.41, 5.74) is 6.52. The van der Waals surface area contributed by atoms with Gasteiger partial charge in [0.1, 0.15) is 5.84 Å². The lowest BCUT2D eigenvalue weighted by atomic mass is 9.86. The van der Waals surface area contributed by atoms with Crippen molar-refractivity contribution in [2.45, 2.75) is 5.60 Å². The number of rotatable bonds is 1. The van der Waals surface area contributed by atoms with Gasteiger partial charge in [-0.3, -0.25) is 0 Å². The number of fused-ring (bicyclic) bond motifs is 1. The monoisotopic (exact) mass is 294 g/mol. The Morgan fingerprint density at radius 3 is 2.58 bits per heavy atom. The van der Waals surface area contributed by atoms with Crippen LogP contribution < -0.4 is 5.73 Å². The molecule has 0 aliphatic carbocycles. The average Bonchev–Trinajstić information content (AvgIpc) is 2.63. The molecule has 0 saturated heterocycles. The molecule has 0 bridgehead atoms. The largest absolute Gasteiger partial charge is 0.384 e. The minimum atomic E-state index is -1.39. The summed E-state index contributed by atoms with van der Waals surface area (Å²) in [5.74, 6) is 0.172. The molecule has 2 aromatic rings. The van der Waals surface area contributed by atoms with Crippen LogP contribution in [0.3, 0.4) is 0 Å². The predicted molar refractivity (Wildman–Crippen MR) is 79.4 cm³/mol. The molecule has 0 saturated carbocycles. The van der Waals surface area contributed by atoms with Gasteiger partial charge in [0.25, 0.3) is 0 Å². The molecule has 0 aromatic heterocycles. The van der Waals surface area contributed by atoms with Gasteiger partial charge in [-0.2, -0.15) is 0 Å². The summed E-state index contributed by atoms with van der Waals surface area (Å²) < 4.78 is 0. The predicted octanol–water partition coefficient (Wildman–Crippen LogP) is 3.00. The number of nitrogens with two attached hydrogens (primary N) is 1. The van der Waals surface area contributed by atoms with E-state index in [9.17, 15) is 5.11 Å². The van der Waals surface area contributed by atoms with Crippen molar-refractivity contribution in [2.24, 2.45) is 10.7 Å². The third kappa shape index (κ3) is 2.00. The highest BCUT2D eigenvalue weighted by atomic mass is 35.5. The SMILES string of the molecule is Cl.NC1=Nc2ccccc2C1(O)c1cccc(Cl)c1. The van der Waals surface area contributed by atoms with Crippen LogP contribution in [-0.4, -0.2) is 10.9 Å². The first-order chi connectivity index (χ1) is 8.62. The van der Waals surface area contributed by atoms with Crippen molar-refractivity contribution in [3.8, 4) is 0 Å². The van der Waals surface area contributed by atoms with Gasteiger partial charge in [0, 0.05) is 10.6 Å². The lowest BCUT2D eigenvalue weighted by Gasteiger charge is -2.24. The number of hydrogen-bond acceptors (Lipinski definition) is 3. The number of nitrogens with zero attached hydrogens (tertiary/aromatic N) is 1. The van der Waals surface area contributed by atoms with Gasteiger partial charge in [-0.1, -0.05) is 41.9 Å². The molecule has 0 spiro atoms. The van der Waals surface area contributed by atoms with Crippen molar-refractivity contribution in [1.29, 1.82) is 0 Å². The summed E-state index contributed by atoms with van der Waals surface area (Å²) in [7, 11) is 0. The molecule has 0 radical (unpaired) electrons. The average molecular weight is 295 g/mol. The van der Waals surface area contributed by atoms with E-state index in [0.29, 0.717) is 21.8 Å². The Labute approximate surface area is 122 Å². The Kier molecular flexibility index (Phi) is 3.54. The zero-order valence-corrected chi connectivity index (χ0v) is 11.4. The van der Waals surface area contributed by atoms with Crippen LogP contribution in [0.15, 0.2) is 53.5 Å². The molecule has 1 aliphatic heterocycles. The number of para-hydroxylation sites is 1. The van der Waals surface area contributed by atoms with Gasteiger partial charge in [-0.25, -0.2) is 4.99 Å². The van der Waals surface area contributed by atoms with Crippen LogP contribution in [0.4, 0.5) is 5.69 Å². The molecular weight excluding hydrogens is 283 g/mol. The van der Waals surface area contributed by atoms with Gasteiger partial charge in [0.2, 0.25) is 0 Å². The minimum absolute atomic E-state index is 0. The summed E-state index contributed by atoms with van der Waals surface area (Å²) in [6.07, 6.45) is 0. The van der Waals surface area contributed by atoms with Crippen molar-refractivity contribution in [1.82, 2.24) is 0 Å². The van der Waals surface area contributed by atoms with Gasteiger partial charge in [-0.15, -0.1) is 12.4 Å². The number of hydrogen-bond donors (Lipinski definition) is 2. The molecule has 19 heavy (non-hydrogen) atoms. The third-order valence-corrected chi connectivity index (χ3v) is 3.38. The highest BCUT2D eigenvalue weighted by molar-refractivity contribution is 6.30. The fourth-order valence-corrected chi connectivity index (χ4v) is 2.43. The second-order valence-corrected chi connectivity index (χ2v) is 4.67. The lowest BCUT2D eigenvalue weighted by molar-refractivity contribution is 0.158. The van der Waals surface area contributed by atoms with E-state index in [1.165, 1.54) is 0 Å². The van der Waals surface area contributed by atoms with Gasteiger partial charge in [-0.05, 0) is 23.8 Å². The number of amidine groups is 1. The van der Waals surface area contributed by atoms with Crippen molar-refractivity contribution in [2.75, 3.05) is 0 Å². The highest BCUT2D eigenvalue weighted by Gasteiger charge is 2.42. The van der Waals surface area contributed by atoms with Crippen LogP contribution in [0.2, 0.25) is 5.02 Å². The highest BCUT2D eigenvalue weighted by Crippen LogP contribution is 2.41. The number of halogens is 2. The first-order valence-electron chi connectivity index (χ1n) is 5.55. The molecule has 1 aliphatic rings. The van der Waals surface area contributed by atoms with Gasteiger partial charge >= 0.3 is 0 Å². The van der Waals surface area contributed by atoms with Crippen LogP contribution in [0, 0.1) is 0 Å². The third-order valence-electron chi connectivity index (χ3n) is 3.15. The maximum atomic E-state index is 10.9. The summed E-state index contributed by atoms with van der Waals surface area (Å²) in [5, 5.41) is 11.4. The molecular formula is C14H12Cl2N2O. The van der Waals surface area contributed by atoms with E-state index in [-0.39, 0.29) is 18.2 Å². The fourth-order valence-electron chi connectivity index (χ4n) is 2.24.